The van der Waals surface area contributed by atoms with E-state index in [1.54, 1.807) is 21.8 Å². The number of carbonyl (C=O) groups excluding carboxylic acids is 1. The van der Waals surface area contributed by atoms with Gasteiger partial charge in [0.2, 0.25) is 0 Å². The summed E-state index contributed by atoms with van der Waals surface area (Å²) in [6.45, 7) is 2.13. The molecule has 1 aliphatic rings. The number of nitro benzene ring substituents is 1. The minimum atomic E-state index is -0.554. The number of nitro groups is 1. The molecule has 1 saturated heterocycles. The van der Waals surface area contributed by atoms with Crippen LogP contribution in [-0.2, 0) is 7.05 Å². The third-order valence-corrected chi connectivity index (χ3v) is 5.00. The molecule has 1 aliphatic heterocycles. The van der Waals surface area contributed by atoms with E-state index in [-0.39, 0.29) is 22.9 Å². The number of fused-ring (bicyclic) bond motifs is 1. The van der Waals surface area contributed by atoms with Gasteiger partial charge in [0.1, 0.15) is 12.1 Å². The van der Waals surface area contributed by atoms with E-state index in [9.17, 15) is 14.9 Å². The SMILES string of the molecule is COc1ccc(C(=O)N2CCN(c3ncnc4c3cnn4C)CC2)cc1[N+](=O)[O-]. The van der Waals surface area contributed by atoms with Crippen molar-refractivity contribution >= 4 is 28.4 Å². The van der Waals surface area contributed by atoms with Gasteiger partial charge in [0.25, 0.3) is 5.91 Å². The molecule has 29 heavy (non-hydrogen) atoms. The fourth-order valence-electron chi connectivity index (χ4n) is 3.47. The number of amides is 1. The molecule has 11 nitrogen and oxygen atoms in total. The van der Waals surface area contributed by atoms with Crippen LogP contribution >= 0.6 is 0 Å². The van der Waals surface area contributed by atoms with Crippen molar-refractivity contribution in [2.75, 3.05) is 38.2 Å². The smallest absolute Gasteiger partial charge is 0.311 e. The molecule has 1 aromatic carbocycles. The predicted molar refractivity (Wildman–Crippen MR) is 104 cm³/mol. The topological polar surface area (TPSA) is 120 Å². The summed E-state index contributed by atoms with van der Waals surface area (Å²) < 4.78 is 6.69. The van der Waals surface area contributed by atoms with Gasteiger partial charge in [-0.05, 0) is 12.1 Å². The minimum absolute atomic E-state index is 0.126. The summed E-state index contributed by atoms with van der Waals surface area (Å²) in [6.07, 6.45) is 3.24. The number of benzene rings is 1. The Morgan fingerprint density at radius 1 is 1.21 bits per heavy atom. The lowest BCUT2D eigenvalue weighted by Gasteiger charge is -2.35. The summed E-state index contributed by atoms with van der Waals surface area (Å²) in [5.74, 6) is 0.667. The van der Waals surface area contributed by atoms with Gasteiger partial charge in [0.15, 0.2) is 11.4 Å². The summed E-state index contributed by atoms with van der Waals surface area (Å²) in [5.41, 5.74) is 0.790. The minimum Gasteiger partial charge on any atom is -0.490 e. The standard InChI is InChI=1S/C18H19N7O4/c1-22-16-13(10-21-22)17(20-11-19-16)23-5-7-24(8-6-23)18(26)12-3-4-15(29-2)14(9-12)25(27)28/h3-4,9-11H,5-8H2,1-2H3. The zero-order chi connectivity index (χ0) is 20.5. The Hall–Kier alpha value is -3.76. The van der Waals surface area contributed by atoms with E-state index >= 15 is 0 Å². The van der Waals surface area contributed by atoms with Gasteiger partial charge in [-0.2, -0.15) is 5.10 Å². The quantitative estimate of drug-likeness (QED) is 0.476. The maximum Gasteiger partial charge on any atom is 0.311 e. The van der Waals surface area contributed by atoms with Crippen LogP contribution in [0.1, 0.15) is 10.4 Å². The molecular weight excluding hydrogens is 378 g/mol. The molecule has 0 unspecified atom stereocenters. The van der Waals surface area contributed by atoms with Crippen molar-refractivity contribution in [2.24, 2.45) is 7.05 Å². The van der Waals surface area contributed by atoms with Crippen molar-refractivity contribution in [2.45, 2.75) is 0 Å². The Morgan fingerprint density at radius 2 is 1.97 bits per heavy atom. The highest BCUT2D eigenvalue weighted by molar-refractivity contribution is 5.95. The third-order valence-electron chi connectivity index (χ3n) is 5.00. The molecule has 3 heterocycles. The Morgan fingerprint density at radius 3 is 2.66 bits per heavy atom. The normalized spacial score (nSPS) is 14.3. The lowest BCUT2D eigenvalue weighted by atomic mass is 10.1. The maximum atomic E-state index is 12.8. The number of rotatable bonds is 4. The predicted octanol–water partition coefficient (Wildman–Crippen LogP) is 1.24. The number of nitrogens with zero attached hydrogens (tertiary/aromatic N) is 7. The maximum absolute atomic E-state index is 12.8. The van der Waals surface area contributed by atoms with Crippen molar-refractivity contribution < 1.29 is 14.5 Å². The first kappa shape index (κ1) is 18.6. The molecule has 1 fully saturated rings. The van der Waals surface area contributed by atoms with E-state index < -0.39 is 4.92 Å². The van der Waals surface area contributed by atoms with E-state index in [0.29, 0.717) is 26.2 Å². The van der Waals surface area contributed by atoms with E-state index in [4.69, 9.17) is 4.74 Å². The fourth-order valence-corrected chi connectivity index (χ4v) is 3.47. The molecule has 0 bridgehead atoms. The van der Waals surface area contributed by atoms with Crippen LogP contribution < -0.4 is 9.64 Å². The molecule has 0 N–H and O–H groups in total. The van der Waals surface area contributed by atoms with Gasteiger partial charge in [-0.3, -0.25) is 19.6 Å². The number of hydrogen-bond donors (Lipinski definition) is 0. The first-order valence-electron chi connectivity index (χ1n) is 8.99. The fraction of sp³-hybridized carbons (Fsp3) is 0.333. The lowest BCUT2D eigenvalue weighted by molar-refractivity contribution is -0.385. The second-order valence-corrected chi connectivity index (χ2v) is 6.63. The van der Waals surface area contributed by atoms with Gasteiger partial charge < -0.3 is 14.5 Å². The Bertz CT molecular complexity index is 1090. The summed E-state index contributed by atoms with van der Waals surface area (Å²) in [6, 6.07) is 4.25. The number of hydrogen-bond acceptors (Lipinski definition) is 8. The lowest BCUT2D eigenvalue weighted by Crippen LogP contribution is -2.49. The number of ether oxygens (including phenoxy) is 1. The van der Waals surface area contributed by atoms with Gasteiger partial charge in [-0.15, -0.1) is 0 Å². The van der Waals surface area contributed by atoms with Gasteiger partial charge in [0.05, 0.1) is 23.6 Å². The van der Waals surface area contributed by atoms with Crippen molar-refractivity contribution in [3.05, 3.63) is 46.4 Å². The molecule has 4 rings (SSSR count). The summed E-state index contributed by atoms with van der Waals surface area (Å²) in [4.78, 5) is 35.9. The van der Waals surface area contributed by atoms with Crippen LogP contribution in [-0.4, -0.2) is 68.8 Å². The molecule has 0 spiro atoms. The Labute approximate surface area is 165 Å². The van der Waals surface area contributed by atoms with Crippen LogP contribution in [0.3, 0.4) is 0 Å². The summed E-state index contributed by atoms with van der Waals surface area (Å²) >= 11 is 0. The second kappa shape index (κ2) is 7.34. The van der Waals surface area contributed by atoms with Crippen molar-refractivity contribution in [1.29, 1.82) is 0 Å². The van der Waals surface area contributed by atoms with Gasteiger partial charge in [0, 0.05) is 44.9 Å². The van der Waals surface area contributed by atoms with Crippen LogP contribution in [0, 0.1) is 10.1 Å². The average Bonchev–Trinajstić information content (AvgIpc) is 3.14. The number of carbonyl (C=O) groups is 1. The van der Waals surface area contributed by atoms with Crippen molar-refractivity contribution in [3.8, 4) is 5.75 Å². The third kappa shape index (κ3) is 3.30. The highest BCUT2D eigenvalue weighted by Crippen LogP contribution is 2.28. The highest BCUT2D eigenvalue weighted by Gasteiger charge is 2.26. The van der Waals surface area contributed by atoms with Gasteiger partial charge in [-0.25, -0.2) is 9.97 Å². The molecule has 0 saturated carbocycles. The van der Waals surface area contributed by atoms with E-state index in [0.717, 1.165) is 16.9 Å². The molecule has 0 atom stereocenters. The molecule has 0 aliphatic carbocycles. The van der Waals surface area contributed by atoms with Gasteiger partial charge >= 0.3 is 5.69 Å². The largest absolute Gasteiger partial charge is 0.490 e. The molecule has 150 valence electrons. The highest BCUT2D eigenvalue weighted by atomic mass is 16.6. The van der Waals surface area contributed by atoms with Crippen molar-refractivity contribution in [1.82, 2.24) is 24.6 Å². The van der Waals surface area contributed by atoms with Crippen LogP contribution in [0.25, 0.3) is 11.0 Å². The monoisotopic (exact) mass is 397 g/mol. The Kier molecular flexibility index (Phi) is 4.71. The van der Waals surface area contributed by atoms with E-state index in [1.165, 1.54) is 25.6 Å². The number of aryl methyl sites for hydroxylation is 1. The molecule has 1 amide bonds. The number of piperazine rings is 1. The first-order chi connectivity index (χ1) is 14.0. The second-order valence-electron chi connectivity index (χ2n) is 6.63. The molecule has 3 aromatic rings. The number of aromatic nitrogens is 4. The zero-order valence-corrected chi connectivity index (χ0v) is 16.0. The van der Waals surface area contributed by atoms with Crippen LogP contribution in [0.15, 0.2) is 30.7 Å². The van der Waals surface area contributed by atoms with Crippen LogP contribution in [0.2, 0.25) is 0 Å². The number of methoxy groups -OCH3 is 1. The average molecular weight is 397 g/mol. The molecular formula is C18H19N7O4. The van der Waals surface area contributed by atoms with Crippen LogP contribution in [0.5, 0.6) is 5.75 Å². The first-order valence-corrected chi connectivity index (χ1v) is 8.99. The summed E-state index contributed by atoms with van der Waals surface area (Å²) in [5, 5.41) is 16.3. The summed E-state index contributed by atoms with van der Waals surface area (Å²) in [7, 11) is 3.18. The molecule has 0 radical (unpaired) electrons. The molecule has 2 aromatic heterocycles. The van der Waals surface area contributed by atoms with Crippen LogP contribution in [0.4, 0.5) is 11.5 Å². The van der Waals surface area contributed by atoms with Gasteiger partial charge in [-0.1, -0.05) is 0 Å². The Balaban J connectivity index is 1.50. The zero-order valence-electron chi connectivity index (χ0n) is 16.0. The molecule has 11 heteroatoms. The van der Waals surface area contributed by atoms with Crippen molar-refractivity contribution in [3.63, 3.8) is 0 Å². The van der Waals surface area contributed by atoms with E-state index in [1.807, 2.05) is 7.05 Å². The van der Waals surface area contributed by atoms with E-state index in [2.05, 4.69) is 20.0 Å². The number of anilines is 1.